The van der Waals surface area contributed by atoms with E-state index < -0.39 is 11.7 Å². The minimum Gasteiger partial charge on any atom is -0.297 e. The highest BCUT2D eigenvalue weighted by Crippen LogP contribution is 2.34. The second-order valence-corrected chi connectivity index (χ2v) is 5.65. The molecule has 1 heterocycles. The molecule has 0 saturated heterocycles. The summed E-state index contributed by atoms with van der Waals surface area (Å²) in [6.07, 6.45) is -3.61. The first kappa shape index (κ1) is 14.7. The Morgan fingerprint density at radius 1 is 1.20 bits per heavy atom. The van der Waals surface area contributed by atoms with E-state index in [1.54, 1.807) is 0 Å². The van der Waals surface area contributed by atoms with E-state index in [1.165, 1.54) is 23.5 Å². The maximum Gasteiger partial charge on any atom is 0.416 e. The van der Waals surface area contributed by atoms with Gasteiger partial charge in [-0.3, -0.25) is 4.79 Å². The summed E-state index contributed by atoms with van der Waals surface area (Å²) in [6.45, 7) is 3.83. The first-order chi connectivity index (χ1) is 9.32. The number of hydrogen-bond donors (Lipinski definition) is 0. The molecule has 0 aliphatic carbocycles. The first-order valence-corrected chi connectivity index (χ1v) is 6.78. The van der Waals surface area contributed by atoms with E-state index in [1.807, 2.05) is 13.8 Å². The van der Waals surface area contributed by atoms with Crippen LogP contribution in [0.15, 0.2) is 24.3 Å². The normalized spacial score (nSPS) is 11.9. The van der Waals surface area contributed by atoms with Gasteiger partial charge in [0.25, 0.3) is 0 Å². The van der Waals surface area contributed by atoms with Crippen molar-refractivity contribution in [1.29, 1.82) is 0 Å². The third-order valence-corrected chi connectivity index (χ3v) is 3.84. The summed E-state index contributed by atoms with van der Waals surface area (Å²) in [5.74, 6) is 0.0923. The van der Waals surface area contributed by atoms with Crippen LogP contribution < -0.4 is 0 Å². The Bertz CT molecular complexity index is 614. The number of aromatic nitrogens is 1. The quantitative estimate of drug-likeness (QED) is 0.764. The Kier molecular flexibility index (Phi) is 3.94. The second-order valence-electron chi connectivity index (χ2n) is 4.62. The number of carbonyl (C=O) groups is 1. The van der Waals surface area contributed by atoms with E-state index in [9.17, 15) is 18.0 Å². The molecular formula is C14H12F3NOS. The van der Waals surface area contributed by atoms with E-state index in [0.29, 0.717) is 21.1 Å². The van der Waals surface area contributed by atoms with Crippen molar-refractivity contribution in [3.05, 3.63) is 40.4 Å². The lowest BCUT2D eigenvalue weighted by Crippen LogP contribution is -2.03. The Morgan fingerprint density at radius 2 is 1.80 bits per heavy atom. The van der Waals surface area contributed by atoms with Gasteiger partial charge in [0, 0.05) is 5.56 Å². The number of rotatable bonds is 3. The minimum atomic E-state index is -4.35. The molecule has 0 unspecified atom stereocenters. The van der Waals surface area contributed by atoms with Gasteiger partial charge >= 0.3 is 6.18 Å². The standard InChI is InChI=1S/C14H12F3NOS/c1-8(2)12-11(7-19)20-13(18-12)9-3-5-10(6-4-9)14(15,16)17/h3-8H,1-2H3. The molecule has 0 saturated carbocycles. The van der Waals surface area contributed by atoms with Gasteiger partial charge in [-0.2, -0.15) is 13.2 Å². The fourth-order valence-electron chi connectivity index (χ4n) is 1.77. The number of nitrogens with zero attached hydrogens (tertiary/aromatic N) is 1. The highest BCUT2D eigenvalue weighted by Gasteiger charge is 2.30. The first-order valence-electron chi connectivity index (χ1n) is 5.96. The van der Waals surface area contributed by atoms with Crippen molar-refractivity contribution < 1.29 is 18.0 Å². The summed E-state index contributed by atoms with van der Waals surface area (Å²) >= 11 is 1.19. The van der Waals surface area contributed by atoms with Crippen molar-refractivity contribution in [2.75, 3.05) is 0 Å². The van der Waals surface area contributed by atoms with Crippen LogP contribution in [0.1, 0.15) is 40.7 Å². The number of carbonyl (C=O) groups excluding carboxylic acids is 1. The number of aldehydes is 1. The van der Waals surface area contributed by atoms with Crippen LogP contribution in [0.5, 0.6) is 0 Å². The smallest absolute Gasteiger partial charge is 0.297 e. The lowest BCUT2D eigenvalue weighted by atomic mass is 10.1. The average molecular weight is 299 g/mol. The predicted molar refractivity (Wildman–Crippen MR) is 72.0 cm³/mol. The van der Waals surface area contributed by atoms with Crippen molar-refractivity contribution >= 4 is 17.6 Å². The third kappa shape index (κ3) is 2.90. The maximum atomic E-state index is 12.5. The Balaban J connectivity index is 2.39. The molecule has 0 aliphatic heterocycles. The van der Waals surface area contributed by atoms with Crippen LogP contribution in [-0.4, -0.2) is 11.3 Å². The van der Waals surface area contributed by atoms with E-state index in [2.05, 4.69) is 4.98 Å². The summed E-state index contributed by atoms with van der Waals surface area (Å²) in [4.78, 5) is 15.9. The van der Waals surface area contributed by atoms with Gasteiger partial charge in [0.05, 0.1) is 16.1 Å². The van der Waals surface area contributed by atoms with E-state index >= 15 is 0 Å². The molecule has 20 heavy (non-hydrogen) atoms. The SMILES string of the molecule is CC(C)c1nc(-c2ccc(C(F)(F)F)cc2)sc1C=O. The van der Waals surface area contributed by atoms with Crippen LogP contribution >= 0.6 is 11.3 Å². The maximum absolute atomic E-state index is 12.5. The summed E-state index contributed by atoms with van der Waals surface area (Å²) in [5.41, 5.74) is 0.565. The minimum absolute atomic E-state index is 0.0923. The van der Waals surface area contributed by atoms with Crippen LogP contribution in [0.3, 0.4) is 0 Å². The molecule has 0 amide bonds. The van der Waals surface area contributed by atoms with E-state index in [4.69, 9.17) is 0 Å². The summed E-state index contributed by atoms with van der Waals surface area (Å²) in [6, 6.07) is 4.79. The van der Waals surface area contributed by atoms with Gasteiger partial charge in [-0.15, -0.1) is 11.3 Å². The molecule has 0 atom stereocenters. The van der Waals surface area contributed by atoms with Gasteiger partial charge in [-0.1, -0.05) is 26.0 Å². The summed E-state index contributed by atoms with van der Waals surface area (Å²) in [5, 5.41) is 0.560. The lowest BCUT2D eigenvalue weighted by molar-refractivity contribution is -0.137. The van der Waals surface area contributed by atoms with Crippen LogP contribution in [0.4, 0.5) is 13.2 Å². The van der Waals surface area contributed by atoms with Crippen LogP contribution in [-0.2, 0) is 6.18 Å². The van der Waals surface area contributed by atoms with E-state index in [0.717, 1.165) is 18.4 Å². The largest absolute Gasteiger partial charge is 0.416 e. The molecule has 2 rings (SSSR count). The van der Waals surface area contributed by atoms with Gasteiger partial charge in [-0.05, 0) is 18.1 Å². The topological polar surface area (TPSA) is 30.0 Å². The summed E-state index contributed by atoms with van der Waals surface area (Å²) < 4.78 is 37.5. The van der Waals surface area contributed by atoms with Gasteiger partial charge < -0.3 is 0 Å². The number of thiazole rings is 1. The van der Waals surface area contributed by atoms with Gasteiger partial charge in [0.1, 0.15) is 5.01 Å². The van der Waals surface area contributed by atoms with Crippen LogP contribution in [0, 0.1) is 0 Å². The fraction of sp³-hybridized carbons (Fsp3) is 0.286. The van der Waals surface area contributed by atoms with Crippen LogP contribution in [0.2, 0.25) is 0 Å². The Morgan fingerprint density at radius 3 is 2.20 bits per heavy atom. The monoisotopic (exact) mass is 299 g/mol. The summed E-state index contributed by atoms with van der Waals surface area (Å²) in [7, 11) is 0. The molecule has 0 spiro atoms. The predicted octanol–water partition coefficient (Wildman–Crippen LogP) is 4.76. The molecule has 2 nitrogen and oxygen atoms in total. The number of halogens is 3. The molecule has 0 fully saturated rings. The molecule has 6 heteroatoms. The molecule has 0 radical (unpaired) electrons. The van der Waals surface area contributed by atoms with Crippen molar-refractivity contribution in [1.82, 2.24) is 4.98 Å². The van der Waals surface area contributed by atoms with Gasteiger partial charge in [0.15, 0.2) is 6.29 Å². The second kappa shape index (κ2) is 5.36. The third-order valence-electron chi connectivity index (χ3n) is 2.79. The zero-order valence-corrected chi connectivity index (χ0v) is 11.7. The molecular weight excluding hydrogens is 287 g/mol. The molecule has 2 aromatic rings. The zero-order chi connectivity index (χ0) is 14.9. The van der Waals surface area contributed by atoms with Crippen molar-refractivity contribution in [3.8, 4) is 10.6 Å². The lowest BCUT2D eigenvalue weighted by Gasteiger charge is -2.06. The van der Waals surface area contributed by atoms with Crippen molar-refractivity contribution in [2.45, 2.75) is 25.9 Å². The Labute approximate surface area is 118 Å². The number of alkyl halides is 3. The highest BCUT2D eigenvalue weighted by molar-refractivity contribution is 7.16. The number of hydrogen-bond acceptors (Lipinski definition) is 3. The van der Waals surface area contributed by atoms with E-state index in [-0.39, 0.29) is 5.92 Å². The zero-order valence-electron chi connectivity index (χ0n) is 10.9. The average Bonchev–Trinajstić information content (AvgIpc) is 2.82. The molecule has 0 bridgehead atoms. The molecule has 0 N–H and O–H groups in total. The van der Waals surface area contributed by atoms with Crippen LogP contribution in [0.25, 0.3) is 10.6 Å². The highest BCUT2D eigenvalue weighted by atomic mass is 32.1. The molecule has 1 aromatic heterocycles. The Hall–Kier alpha value is -1.69. The van der Waals surface area contributed by atoms with Gasteiger partial charge in [0.2, 0.25) is 0 Å². The molecule has 0 aliphatic rings. The van der Waals surface area contributed by atoms with Crippen molar-refractivity contribution in [2.24, 2.45) is 0 Å². The molecule has 106 valence electrons. The number of benzene rings is 1. The fourth-order valence-corrected chi connectivity index (χ4v) is 2.81. The van der Waals surface area contributed by atoms with Crippen molar-refractivity contribution in [3.63, 3.8) is 0 Å². The molecule has 1 aromatic carbocycles. The van der Waals surface area contributed by atoms with Gasteiger partial charge in [-0.25, -0.2) is 4.98 Å².